The molecule has 0 aliphatic carbocycles. The second kappa shape index (κ2) is 8.49. The maximum absolute atomic E-state index is 13.1. The summed E-state index contributed by atoms with van der Waals surface area (Å²) in [5.74, 6) is 1.42. The molecular formula is C21H21N5O5S. The molecule has 10 nitrogen and oxygen atoms in total. The highest BCUT2D eigenvalue weighted by atomic mass is 32.2. The van der Waals surface area contributed by atoms with Gasteiger partial charge in [0, 0.05) is 29.4 Å². The summed E-state index contributed by atoms with van der Waals surface area (Å²) in [6.07, 6.45) is 7.86. The number of carbonyl (C=O) groups is 1. The fourth-order valence-corrected chi connectivity index (χ4v) is 4.75. The molecular weight excluding hydrogens is 434 g/mol. The third kappa shape index (κ3) is 3.72. The Morgan fingerprint density at radius 3 is 3.03 bits per heavy atom. The third-order valence-electron chi connectivity index (χ3n) is 5.79. The Morgan fingerprint density at radius 2 is 2.28 bits per heavy atom. The Labute approximate surface area is 186 Å². The summed E-state index contributed by atoms with van der Waals surface area (Å²) in [5, 5.41) is 8.28. The zero-order valence-electron chi connectivity index (χ0n) is 17.4. The molecule has 11 heteroatoms. The van der Waals surface area contributed by atoms with Crippen molar-refractivity contribution in [1.82, 2.24) is 4.90 Å². The first-order chi connectivity index (χ1) is 15.5. The number of benzene rings is 1. The number of aliphatic imine (C=N–C) groups is 1. The van der Waals surface area contributed by atoms with Gasteiger partial charge < -0.3 is 14.0 Å². The molecule has 2 unspecified atom stereocenters. The summed E-state index contributed by atoms with van der Waals surface area (Å²) in [5.41, 5.74) is 1.48. The fraction of sp³-hybridized carbons (Fsp3) is 0.381. The van der Waals surface area contributed by atoms with Crippen molar-refractivity contribution in [3.63, 3.8) is 0 Å². The van der Waals surface area contributed by atoms with Crippen molar-refractivity contribution in [2.45, 2.75) is 30.7 Å². The van der Waals surface area contributed by atoms with E-state index in [1.807, 2.05) is 16.9 Å². The van der Waals surface area contributed by atoms with Crippen LogP contribution in [0.25, 0.3) is 0 Å². The van der Waals surface area contributed by atoms with Crippen LogP contribution in [0.15, 0.2) is 44.1 Å². The van der Waals surface area contributed by atoms with Crippen LogP contribution in [0.5, 0.6) is 5.75 Å². The van der Waals surface area contributed by atoms with Crippen LogP contribution in [0.1, 0.15) is 35.2 Å². The molecule has 4 heterocycles. The SMILES string of the molecule is COc1cc2c(c(S(=O)[O-])c1)CN(C1=CCCC(C3=NN=C[N+]3=CC3CCOC3)=N1)C2=O. The van der Waals surface area contributed by atoms with Crippen LogP contribution >= 0.6 is 0 Å². The van der Waals surface area contributed by atoms with Crippen LogP contribution in [0.2, 0.25) is 0 Å². The monoisotopic (exact) mass is 455 g/mol. The van der Waals surface area contributed by atoms with Crippen LogP contribution < -0.4 is 4.74 Å². The van der Waals surface area contributed by atoms with Gasteiger partial charge in [-0.1, -0.05) is 0 Å². The third-order valence-corrected chi connectivity index (χ3v) is 6.51. The minimum atomic E-state index is -2.49. The minimum Gasteiger partial charge on any atom is -0.768 e. The molecule has 4 aliphatic heterocycles. The van der Waals surface area contributed by atoms with Crippen molar-refractivity contribution in [2.75, 3.05) is 20.3 Å². The number of hydrogen-bond acceptors (Lipinski definition) is 8. The second-order valence-corrected chi connectivity index (χ2v) is 8.68. The van der Waals surface area contributed by atoms with Crippen molar-refractivity contribution in [2.24, 2.45) is 21.1 Å². The number of rotatable bonds is 5. The number of amidine groups is 1. The zero-order chi connectivity index (χ0) is 22.2. The van der Waals surface area contributed by atoms with E-state index in [9.17, 15) is 13.6 Å². The van der Waals surface area contributed by atoms with E-state index in [0.29, 0.717) is 53.9 Å². The summed E-state index contributed by atoms with van der Waals surface area (Å²) in [6.45, 7) is 1.54. The van der Waals surface area contributed by atoms with Gasteiger partial charge in [0.15, 0.2) is 0 Å². The Bertz CT molecular complexity index is 1160. The fourth-order valence-electron chi connectivity index (χ4n) is 4.17. The molecule has 0 spiro atoms. The average molecular weight is 455 g/mol. The molecule has 2 atom stereocenters. The molecule has 5 rings (SSSR count). The van der Waals surface area contributed by atoms with E-state index in [2.05, 4.69) is 10.2 Å². The van der Waals surface area contributed by atoms with Crippen molar-refractivity contribution in [3.8, 4) is 5.75 Å². The van der Waals surface area contributed by atoms with Gasteiger partial charge >= 0.3 is 5.84 Å². The lowest BCUT2D eigenvalue weighted by molar-refractivity contribution is -0.245. The zero-order valence-corrected chi connectivity index (χ0v) is 18.2. The van der Waals surface area contributed by atoms with E-state index in [4.69, 9.17) is 14.5 Å². The van der Waals surface area contributed by atoms with Gasteiger partial charge in [0.1, 0.15) is 17.3 Å². The lowest BCUT2D eigenvalue weighted by atomic mass is 10.1. The molecule has 0 N–H and O–H groups in total. The first kappa shape index (κ1) is 20.9. The van der Waals surface area contributed by atoms with Crippen LogP contribution in [0, 0.1) is 5.92 Å². The van der Waals surface area contributed by atoms with Gasteiger partial charge in [-0.15, -0.1) is 0 Å². The van der Waals surface area contributed by atoms with Crippen molar-refractivity contribution in [1.29, 1.82) is 0 Å². The van der Waals surface area contributed by atoms with Gasteiger partial charge in [0.05, 0.1) is 36.7 Å². The van der Waals surface area contributed by atoms with Crippen LogP contribution in [-0.2, 0) is 22.4 Å². The first-order valence-corrected chi connectivity index (χ1v) is 11.3. The van der Waals surface area contributed by atoms with Crippen LogP contribution in [-0.4, -0.2) is 68.6 Å². The maximum Gasteiger partial charge on any atom is 0.331 e. The number of allylic oxidation sites excluding steroid dienone is 1. The lowest BCUT2D eigenvalue weighted by Gasteiger charge is -2.20. The predicted molar refractivity (Wildman–Crippen MR) is 116 cm³/mol. The van der Waals surface area contributed by atoms with Crippen LogP contribution in [0.4, 0.5) is 0 Å². The molecule has 0 radical (unpaired) electrons. The number of hydrogen-bond donors (Lipinski definition) is 0. The Morgan fingerprint density at radius 1 is 1.41 bits per heavy atom. The Kier molecular flexibility index (Phi) is 5.53. The lowest BCUT2D eigenvalue weighted by Crippen LogP contribution is -2.31. The van der Waals surface area contributed by atoms with Gasteiger partial charge in [-0.2, -0.15) is 0 Å². The van der Waals surface area contributed by atoms with Crippen molar-refractivity contribution < 1.29 is 27.6 Å². The molecule has 32 heavy (non-hydrogen) atoms. The molecule has 1 amide bonds. The molecule has 1 aromatic rings. The Hall–Kier alpha value is -3.02. The van der Waals surface area contributed by atoms with Gasteiger partial charge in [-0.05, 0) is 47.7 Å². The molecule has 1 aromatic carbocycles. The highest BCUT2D eigenvalue weighted by molar-refractivity contribution is 7.79. The number of nitrogens with zero attached hydrogens (tertiary/aromatic N) is 5. The molecule has 4 aliphatic rings. The van der Waals surface area contributed by atoms with E-state index >= 15 is 0 Å². The van der Waals surface area contributed by atoms with Gasteiger partial charge in [0.25, 0.3) is 12.2 Å². The van der Waals surface area contributed by atoms with Gasteiger partial charge in [-0.25, -0.2) is 9.57 Å². The standard InChI is InChI=1S/C21H21N5O5S/c1-30-14-7-15-16(18(8-14)32(28)29)10-26(21(15)27)19-4-2-3-17(23-19)20-24-22-12-25(20)9-13-5-6-31-11-13/h4,7-9,12-13H,2-3,5-6,10-11H2,1H3. The van der Waals surface area contributed by atoms with E-state index in [0.717, 1.165) is 18.7 Å². The highest BCUT2D eigenvalue weighted by Crippen LogP contribution is 2.35. The number of amides is 1. The number of carbonyl (C=O) groups excluding carboxylic acids is 1. The summed E-state index contributed by atoms with van der Waals surface area (Å²) < 4.78 is 36.0. The highest BCUT2D eigenvalue weighted by Gasteiger charge is 2.35. The summed E-state index contributed by atoms with van der Waals surface area (Å²) in [7, 11) is 1.43. The molecule has 1 fully saturated rings. The minimum absolute atomic E-state index is 0.0592. The normalized spacial score (nSPS) is 24.5. The number of ether oxygens (including phenoxy) is 2. The molecule has 166 valence electrons. The molecule has 0 aromatic heterocycles. The van der Waals surface area contributed by atoms with E-state index < -0.39 is 11.1 Å². The molecule has 1 saturated heterocycles. The predicted octanol–water partition coefficient (Wildman–Crippen LogP) is 1.44. The van der Waals surface area contributed by atoms with E-state index in [1.165, 1.54) is 18.1 Å². The Balaban J connectivity index is 1.43. The smallest absolute Gasteiger partial charge is 0.331 e. The summed E-state index contributed by atoms with van der Waals surface area (Å²) >= 11 is -2.49. The number of methoxy groups -OCH3 is 1. The van der Waals surface area contributed by atoms with E-state index in [-0.39, 0.29) is 17.3 Å². The van der Waals surface area contributed by atoms with Crippen LogP contribution in [0.3, 0.4) is 0 Å². The quantitative estimate of drug-likeness (QED) is 0.492. The van der Waals surface area contributed by atoms with Gasteiger partial charge in [-0.3, -0.25) is 13.9 Å². The number of fused-ring (bicyclic) bond motifs is 1. The maximum atomic E-state index is 13.1. The molecule has 0 bridgehead atoms. The topological polar surface area (TPSA) is 119 Å². The average Bonchev–Trinajstić information content (AvgIpc) is 3.55. The van der Waals surface area contributed by atoms with Crippen molar-refractivity contribution in [3.05, 3.63) is 35.2 Å². The largest absolute Gasteiger partial charge is 0.768 e. The summed E-state index contributed by atoms with van der Waals surface area (Å²) in [6, 6.07) is 2.99. The first-order valence-electron chi connectivity index (χ1n) is 10.3. The van der Waals surface area contributed by atoms with Gasteiger partial charge in [0.2, 0.25) is 0 Å². The summed E-state index contributed by atoms with van der Waals surface area (Å²) in [4.78, 5) is 19.4. The van der Waals surface area contributed by atoms with Crippen molar-refractivity contribution >= 4 is 41.1 Å². The second-order valence-electron chi connectivity index (χ2n) is 7.77. The van der Waals surface area contributed by atoms with E-state index in [1.54, 1.807) is 12.4 Å². The molecule has 0 saturated carbocycles.